The second-order valence-electron chi connectivity index (χ2n) is 5.08. The van der Waals surface area contributed by atoms with Crippen molar-refractivity contribution in [2.45, 2.75) is 45.8 Å². The Morgan fingerprint density at radius 2 is 2.32 bits per heavy atom. The van der Waals surface area contributed by atoms with Crippen LogP contribution in [-0.2, 0) is 4.74 Å². The summed E-state index contributed by atoms with van der Waals surface area (Å²) in [5.41, 5.74) is 0. The van der Waals surface area contributed by atoms with Crippen molar-refractivity contribution in [1.29, 1.82) is 0 Å². The number of nitrogens with one attached hydrogen (secondary N) is 1. The van der Waals surface area contributed by atoms with Crippen LogP contribution in [0.15, 0.2) is 4.42 Å². The fraction of sp³-hybridized carbons (Fsp3) is 0.846. The van der Waals surface area contributed by atoms with Crippen LogP contribution in [0.3, 0.4) is 0 Å². The first-order valence-corrected chi connectivity index (χ1v) is 7.14. The second-order valence-corrected chi connectivity index (χ2v) is 5.08. The molecule has 1 aliphatic rings. The molecule has 1 fully saturated rings. The van der Waals surface area contributed by atoms with Crippen LogP contribution in [-0.4, -0.2) is 42.5 Å². The zero-order valence-electron chi connectivity index (χ0n) is 12.1. The van der Waals surface area contributed by atoms with Crippen LogP contribution in [0.4, 0.5) is 6.01 Å². The average molecular weight is 268 g/mol. The molecule has 0 radical (unpaired) electrons. The number of hydrogen-bond acceptors (Lipinski definition) is 6. The lowest BCUT2D eigenvalue weighted by atomic mass is 10.3. The van der Waals surface area contributed by atoms with Crippen molar-refractivity contribution >= 4 is 6.01 Å². The van der Waals surface area contributed by atoms with Crippen molar-refractivity contribution < 1.29 is 9.15 Å². The predicted molar refractivity (Wildman–Crippen MR) is 73.3 cm³/mol. The van der Waals surface area contributed by atoms with Crippen molar-refractivity contribution in [3.8, 4) is 0 Å². The van der Waals surface area contributed by atoms with Crippen molar-refractivity contribution in [2.24, 2.45) is 0 Å². The van der Waals surface area contributed by atoms with Crippen LogP contribution in [0.25, 0.3) is 0 Å². The Morgan fingerprint density at radius 3 is 3.11 bits per heavy atom. The van der Waals surface area contributed by atoms with Crippen molar-refractivity contribution in [3.63, 3.8) is 0 Å². The molecule has 2 atom stereocenters. The summed E-state index contributed by atoms with van der Waals surface area (Å²) in [5.74, 6) is 0.654. The number of nitrogens with zero attached hydrogens (tertiary/aromatic N) is 3. The normalized spacial score (nSPS) is 22.3. The Morgan fingerprint density at radius 1 is 1.47 bits per heavy atom. The van der Waals surface area contributed by atoms with Gasteiger partial charge >= 0.3 is 6.01 Å². The molecule has 0 aromatic carbocycles. The van der Waals surface area contributed by atoms with Gasteiger partial charge in [0.05, 0.1) is 12.1 Å². The zero-order chi connectivity index (χ0) is 13.7. The van der Waals surface area contributed by atoms with Gasteiger partial charge in [-0.15, -0.1) is 5.10 Å². The lowest BCUT2D eigenvalue weighted by Gasteiger charge is -2.19. The van der Waals surface area contributed by atoms with Crippen LogP contribution in [0.1, 0.15) is 45.5 Å². The topological polar surface area (TPSA) is 63.4 Å². The van der Waals surface area contributed by atoms with Gasteiger partial charge in [-0.05, 0) is 33.2 Å². The van der Waals surface area contributed by atoms with E-state index >= 15 is 0 Å². The van der Waals surface area contributed by atoms with E-state index in [1.807, 2.05) is 6.92 Å². The number of rotatable bonds is 5. The molecule has 0 saturated carbocycles. The molecule has 0 bridgehead atoms. The fourth-order valence-corrected chi connectivity index (χ4v) is 2.15. The van der Waals surface area contributed by atoms with Crippen molar-refractivity contribution in [3.05, 3.63) is 5.89 Å². The van der Waals surface area contributed by atoms with Gasteiger partial charge in [0, 0.05) is 19.7 Å². The molecule has 2 unspecified atom stereocenters. The molecular weight excluding hydrogens is 244 g/mol. The van der Waals surface area contributed by atoms with Crippen LogP contribution in [0, 0.1) is 0 Å². The lowest BCUT2D eigenvalue weighted by molar-refractivity contribution is 0.0818. The third-order valence-electron chi connectivity index (χ3n) is 3.22. The molecular formula is C13H24N4O2. The minimum absolute atomic E-state index is 0.0989. The predicted octanol–water partition coefficient (Wildman–Crippen LogP) is 1.75. The maximum Gasteiger partial charge on any atom is 0.318 e. The van der Waals surface area contributed by atoms with Crippen molar-refractivity contribution in [1.82, 2.24) is 15.5 Å². The monoisotopic (exact) mass is 268 g/mol. The molecule has 2 heterocycles. The molecule has 6 heteroatoms. The van der Waals surface area contributed by atoms with Gasteiger partial charge in [0.15, 0.2) is 0 Å². The summed E-state index contributed by atoms with van der Waals surface area (Å²) < 4.78 is 11.4. The van der Waals surface area contributed by atoms with E-state index in [-0.39, 0.29) is 12.1 Å². The Bertz CT molecular complexity index is 382. The SMILES string of the molecule is CCCNC(C)c1nnc(N2CCCOC(C)C2)o1. The molecule has 0 spiro atoms. The molecule has 0 amide bonds. The van der Waals surface area contributed by atoms with E-state index in [9.17, 15) is 0 Å². The standard InChI is InChI=1S/C13H24N4O2/c1-4-6-14-11(3)12-15-16-13(19-12)17-7-5-8-18-10(2)9-17/h10-11,14H,4-9H2,1-3H3. The quantitative estimate of drug-likeness (QED) is 0.877. The van der Waals surface area contributed by atoms with E-state index in [4.69, 9.17) is 9.15 Å². The van der Waals surface area contributed by atoms with Crippen LogP contribution < -0.4 is 10.2 Å². The summed E-state index contributed by atoms with van der Waals surface area (Å²) in [5, 5.41) is 11.6. The number of hydrogen-bond donors (Lipinski definition) is 1. The number of aromatic nitrogens is 2. The van der Waals surface area contributed by atoms with Gasteiger partial charge in [-0.25, -0.2) is 0 Å². The molecule has 19 heavy (non-hydrogen) atoms. The summed E-state index contributed by atoms with van der Waals surface area (Å²) in [7, 11) is 0. The summed E-state index contributed by atoms with van der Waals surface area (Å²) in [6.07, 6.45) is 2.28. The Kier molecular flexibility index (Phi) is 5.15. The van der Waals surface area contributed by atoms with Crippen molar-refractivity contribution in [2.75, 3.05) is 31.1 Å². The third kappa shape index (κ3) is 3.91. The van der Waals surface area contributed by atoms with Crippen LogP contribution in [0.5, 0.6) is 0 Å². The molecule has 1 N–H and O–H groups in total. The summed E-state index contributed by atoms with van der Waals surface area (Å²) in [4.78, 5) is 2.11. The van der Waals surface area contributed by atoms with Gasteiger partial charge in [-0.3, -0.25) is 0 Å². The van der Waals surface area contributed by atoms with Gasteiger partial charge in [0.2, 0.25) is 5.89 Å². The Hall–Kier alpha value is -1.14. The molecule has 108 valence electrons. The highest BCUT2D eigenvalue weighted by Crippen LogP contribution is 2.19. The summed E-state index contributed by atoms with van der Waals surface area (Å²) >= 11 is 0. The maximum atomic E-state index is 5.77. The van der Waals surface area contributed by atoms with Gasteiger partial charge < -0.3 is 19.4 Å². The molecule has 6 nitrogen and oxygen atoms in total. The highest BCUT2D eigenvalue weighted by molar-refractivity contribution is 5.24. The van der Waals surface area contributed by atoms with E-state index in [0.29, 0.717) is 11.9 Å². The summed E-state index contributed by atoms with van der Waals surface area (Å²) in [6, 6.07) is 0.708. The summed E-state index contributed by atoms with van der Waals surface area (Å²) in [6.45, 7) is 9.71. The number of ether oxygens (including phenoxy) is 1. The van der Waals surface area contributed by atoms with Gasteiger partial charge in [-0.1, -0.05) is 12.0 Å². The van der Waals surface area contributed by atoms with E-state index in [2.05, 4.69) is 34.3 Å². The van der Waals surface area contributed by atoms with Crippen LogP contribution in [0.2, 0.25) is 0 Å². The van der Waals surface area contributed by atoms with E-state index in [1.54, 1.807) is 0 Å². The van der Waals surface area contributed by atoms with E-state index in [1.165, 1.54) is 0 Å². The highest BCUT2D eigenvalue weighted by Gasteiger charge is 2.21. The molecule has 1 aliphatic heterocycles. The molecule has 1 aromatic rings. The first-order valence-electron chi connectivity index (χ1n) is 7.14. The average Bonchev–Trinajstić information content (AvgIpc) is 2.80. The van der Waals surface area contributed by atoms with Gasteiger partial charge in [0.25, 0.3) is 0 Å². The number of anilines is 1. The van der Waals surface area contributed by atoms with Crippen LogP contribution >= 0.6 is 0 Å². The van der Waals surface area contributed by atoms with Gasteiger partial charge in [-0.2, -0.15) is 0 Å². The largest absolute Gasteiger partial charge is 0.406 e. The Balaban J connectivity index is 1.99. The molecule has 0 aliphatic carbocycles. The van der Waals surface area contributed by atoms with E-state index < -0.39 is 0 Å². The van der Waals surface area contributed by atoms with Gasteiger partial charge in [0.1, 0.15) is 0 Å². The zero-order valence-corrected chi connectivity index (χ0v) is 12.1. The second kappa shape index (κ2) is 6.86. The molecule has 1 aromatic heterocycles. The minimum Gasteiger partial charge on any atom is -0.406 e. The first kappa shape index (κ1) is 14.3. The third-order valence-corrected chi connectivity index (χ3v) is 3.22. The highest BCUT2D eigenvalue weighted by atomic mass is 16.5. The fourth-order valence-electron chi connectivity index (χ4n) is 2.15. The maximum absolute atomic E-state index is 5.77. The first-order chi connectivity index (χ1) is 9.20. The lowest BCUT2D eigenvalue weighted by Crippen LogP contribution is -2.30. The smallest absolute Gasteiger partial charge is 0.318 e. The Labute approximate surface area is 114 Å². The molecule has 1 saturated heterocycles. The molecule has 2 rings (SSSR count). The minimum atomic E-state index is 0.0989. The van der Waals surface area contributed by atoms with E-state index in [0.717, 1.165) is 39.1 Å².